The molecular weight excluding hydrogens is 290 g/mol. The molecule has 4 nitrogen and oxygen atoms in total. The molecule has 0 spiro atoms. The van der Waals surface area contributed by atoms with Gasteiger partial charge in [0.15, 0.2) is 0 Å². The molecule has 1 saturated heterocycles. The molecule has 1 aliphatic rings. The lowest BCUT2D eigenvalue weighted by molar-refractivity contribution is 0.00869. The molecule has 0 aromatic heterocycles. The van der Waals surface area contributed by atoms with Crippen LogP contribution >= 0.6 is 11.6 Å². The molecule has 1 amide bonds. The molecule has 1 heterocycles. The zero-order chi connectivity index (χ0) is 15.6. The number of rotatable bonds is 2. The molecular formula is C16H22ClNO3. The van der Waals surface area contributed by atoms with Gasteiger partial charge in [-0.1, -0.05) is 23.7 Å². The molecule has 1 aromatic rings. The highest BCUT2D eigenvalue weighted by Gasteiger charge is 2.39. The van der Waals surface area contributed by atoms with Gasteiger partial charge in [0.2, 0.25) is 0 Å². The van der Waals surface area contributed by atoms with E-state index in [1.165, 1.54) is 0 Å². The number of hydrogen-bond acceptors (Lipinski definition) is 3. The van der Waals surface area contributed by atoms with E-state index in [4.69, 9.17) is 16.3 Å². The summed E-state index contributed by atoms with van der Waals surface area (Å²) in [6.45, 7) is 5.47. The lowest BCUT2D eigenvalue weighted by Crippen LogP contribution is -2.42. The summed E-state index contributed by atoms with van der Waals surface area (Å²) >= 11 is 5.92. The fourth-order valence-corrected chi connectivity index (χ4v) is 2.79. The van der Waals surface area contributed by atoms with Crippen molar-refractivity contribution in [1.29, 1.82) is 0 Å². The van der Waals surface area contributed by atoms with Crippen LogP contribution in [0, 0.1) is 0 Å². The molecule has 1 aliphatic heterocycles. The van der Waals surface area contributed by atoms with Gasteiger partial charge in [-0.2, -0.15) is 0 Å². The van der Waals surface area contributed by atoms with Crippen molar-refractivity contribution in [3.8, 4) is 0 Å². The number of benzene rings is 1. The van der Waals surface area contributed by atoms with E-state index in [1.54, 1.807) is 4.90 Å². The van der Waals surface area contributed by atoms with Crippen molar-refractivity contribution in [3.63, 3.8) is 0 Å². The number of nitrogens with zero attached hydrogens (tertiary/aromatic N) is 1. The van der Waals surface area contributed by atoms with Gasteiger partial charge >= 0.3 is 6.09 Å². The number of aliphatic hydroxyl groups excluding tert-OH is 1. The summed E-state index contributed by atoms with van der Waals surface area (Å²) in [5, 5.41) is 10.2. The van der Waals surface area contributed by atoms with Crippen LogP contribution in [0.3, 0.4) is 0 Å². The van der Waals surface area contributed by atoms with E-state index in [-0.39, 0.29) is 24.8 Å². The van der Waals surface area contributed by atoms with E-state index in [0.29, 0.717) is 5.02 Å². The number of amides is 1. The summed E-state index contributed by atoms with van der Waals surface area (Å²) < 4.78 is 5.48. The second-order valence-electron chi connectivity index (χ2n) is 6.37. The molecule has 0 bridgehead atoms. The number of ether oxygens (including phenoxy) is 1. The molecule has 116 valence electrons. The van der Waals surface area contributed by atoms with Gasteiger partial charge < -0.3 is 9.84 Å². The quantitative estimate of drug-likeness (QED) is 0.904. The van der Waals surface area contributed by atoms with Gasteiger partial charge in [0, 0.05) is 5.02 Å². The summed E-state index contributed by atoms with van der Waals surface area (Å²) in [6, 6.07) is 7.20. The average molecular weight is 312 g/mol. The van der Waals surface area contributed by atoms with Crippen molar-refractivity contribution < 1.29 is 14.6 Å². The van der Waals surface area contributed by atoms with E-state index in [9.17, 15) is 9.90 Å². The van der Waals surface area contributed by atoms with Crippen LogP contribution in [0.25, 0.3) is 0 Å². The Morgan fingerprint density at radius 1 is 1.33 bits per heavy atom. The highest BCUT2D eigenvalue weighted by atomic mass is 35.5. The topological polar surface area (TPSA) is 49.8 Å². The van der Waals surface area contributed by atoms with Crippen molar-refractivity contribution in [2.24, 2.45) is 0 Å². The SMILES string of the molecule is CC(C)(C)OC(=O)N1[C@@H](CO)CC[C@@H]1c1ccc(Cl)cc1. The predicted octanol–water partition coefficient (Wildman–Crippen LogP) is 3.77. The molecule has 1 N–H and O–H groups in total. The lowest BCUT2D eigenvalue weighted by atomic mass is 10.1. The van der Waals surface area contributed by atoms with E-state index < -0.39 is 5.60 Å². The van der Waals surface area contributed by atoms with Crippen LogP contribution < -0.4 is 0 Å². The highest BCUT2D eigenvalue weighted by molar-refractivity contribution is 6.30. The molecule has 0 radical (unpaired) electrons. The molecule has 1 fully saturated rings. The Morgan fingerprint density at radius 3 is 2.48 bits per heavy atom. The summed E-state index contributed by atoms with van der Waals surface area (Å²) in [7, 11) is 0. The smallest absolute Gasteiger partial charge is 0.411 e. The summed E-state index contributed by atoms with van der Waals surface area (Å²) in [4.78, 5) is 14.1. The van der Waals surface area contributed by atoms with Crippen molar-refractivity contribution >= 4 is 17.7 Å². The van der Waals surface area contributed by atoms with Gasteiger partial charge in [-0.25, -0.2) is 4.79 Å². The standard InChI is InChI=1S/C16H22ClNO3/c1-16(2,3)21-15(20)18-13(10-19)8-9-14(18)11-4-6-12(17)7-5-11/h4-7,13-14,19H,8-10H2,1-3H3/t13-,14-/m1/s1. The van der Waals surface area contributed by atoms with Crippen molar-refractivity contribution in [2.75, 3.05) is 6.61 Å². The maximum atomic E-state index is 12.4. The molecule has 2 atom stereocenters. The van der Waals surface area contributed by atoms with Crippen LogP contribution in [0.4, 0.5) is 4.79 Å². The van der Waals surface area contributed by atoms with E-state index in [1.807, 2.05) is 45.0 Å². The summed E-state index contributed by atoms with van der Waals surface area (Å²) in [6.07, 6.45) is 1.20. The van der Waals surface area contributed by atoms with Gasteiger partial charge in [0.1, 0.15) is 5.60 Å². The Kier molecular flexibility index (Phi) is 4.79. The maximum Gasteiger partial charge on any atom is 0.411 e. The number of halogens is 1. The summed E-state index contributed by atoms with van der Waals surface area (Å²) in [5.74, 6) is 0. The monoisotopic (exact) mass is 311 g/mol. The third-order valence-corrected chi connectivity index (χ3v) is 3.82. The first-order valence-electron chi connectivity index (χ1n) is 7.19. The van der Waals surface area contributed by atoms with Gasteiger partial charge in [0.05, 0.1) is 18.7 Å². The number of carbonyl (C=O) groups is 1. The molecule has 0 aliphatic carbocycles. The van der Waals surface area contributed by atoms with E-state index in [2.05, 4.69) is 0 Å². The lowest BCUT2D eigenvalue weighted by Gasteiger charge is -2.32. The Labute approximate surface area is 130 Å². The molecule has 21 heavy (non-hydrogen) atoms. The van der Waals surface area contributed by atoms with Gasteiger partial charge in [0.25, 0.3) is 0 Å². The first kappa shape index (κ1) is 16.1. The highest BCUT2D eigenvalue weighted by Crippen LogP contribution is 2.37. The molecule has 0 saturated carbocycles. The molecule has 1 aromatic carbocycles. The Hall–Kier alpha value is -1.26. The first-order valence-corrected chi connectivity index (χ1v) is 7.57. The van der Waals surface area contributed by atoms with Crippen molar-refractivity contribution in [1.82, 2.24) is 4.90 Å². The van der Waals surface area contributed by atoms with Crippen molar-refractivity contribution in [2.45, 2.75) is 51.3 Å². The van der Waals surface area contributed by atoms with Crippen LogP contribution in [0.15, 0.2) is 24.3 Å². The second-order valence-corrected chi connectivity index (χ2v) is 6.81. The number of aliphatic hydroxyl groups is 1. The van der Waals surface area contributed by atoms with Gasteiger partial charge in [-0.15, -0.1) is 0 Å². The van der Waals surface area contributed by atoms with E-state index >= 15 is 0 Å². The molecule has 2 rings (SSSR count). The Balaban J connectivity index is 2.23. The first-order chi connectivity index (χ1) is 9.81. The Morgan fingerprint density at radius 2 is 1.95 bits per heavy atom. The van der Waals surface area contributed by atoms with Crippen LogP contribution in [0.5, 0.6) is 0 Å². The minimum Gasteiger partial charge on any atom is -0.444 e. The second kappa shape index (κ2) is 6.24. The van der Waals surface area contributed by atoms with E-state index in [0.717, 1.165) is 18.4 Å². The minimum absolute atomic E-state index is 0.0522. The number of hydrogen-bond donors (Lipinski definition) is 1. The molecule has 5 heteroatoms. The van der Waals surface area contributed by atoms with Crippen LogP contribution in [0.2, 0.25) is 5.02 Å². The average Bonchev–Trinajstić information content (AvgIpc) is 2.81. The Bertz CT molecular complexity index is 495. The van der Waals surface area contributed by atoms with Crippen molar-refractivity contribution in [3.05, 3.63) is 34.9 Å². The van der Waals surface area contributed by atoms with Gasteiger partial charge in [-0.05, 0) is 51.3 Å². The third-order valence-electron chi connectivity index (χ3n) is 3.57. The number of carbonyl (C=O) groups excluding carboxylic acids is 1. The fourth-order valence-electron chi connectivity index (χ4n) is 2.67. The summed E-state index contributed by atoms with van der Waals surface area (Å²) in [5.41, 5.74) is 0.464. The van der Waals surface area contributed by atoms with Crippen LogP contribution in [0.1, 0.15) is 45.2 Å². The van der Waals surface area contributed by atoms with Gasteiger partial charge in [-0.3, -0.25) is 4.90 Å². The maximum absolute atomic E-state index is 12.4. The van der Waals surface area contributed by atoms with Crippen LogP contribution in [-0.2, 0) is 4.74 Å². The third kappa shape index (κ3) is 3.89. The zero-order valence-electron chi connectivity index (χ0n) is 12.7. The normalized spacial score (nSPS) is 22.4. The largest absolute Gasteiger partial charge is 0.444 e. The minimum atomic E-state index is -0.551. The predicted molar refractivity (Wildman–Crippen MR) is 82.4 cm³/mol. The van der Waals surface area contributed by atoms with Crippen LogP contribution in [-0.4, -0.2) is 34.3 Å². The fraction of sp³-hybridized carbons (Fsp3) is 0.562. The molecule has 0 unspecified atom stereocenters. The zero-order valence-corrected chi connectivity index (χ0v) is 13.4. The number of likely N-dealkylation sites (tertiary alicyclic amines) is 1.